The molecule has 0 saturated carbocycles. The van der Waals surface area contributed by atoms with E-state index in [0.29, 0.717) is 30.5 Å². The summed E-state index contributed by atoms with van der Waals surface area (Å²) in [4.78, 5) is 19.2. The van der Waals surface area contributed by atoms with Crippen LogP contribution in [0.3, 0.4) is 0 Å². The molecule has 2 aromatic carbocycles. The maximum Gasteiger partial charge on any atom is 0.237 e. The number of hydrogen-bond donors (Lipinski definition) is 0. The summed E-state index contributed by atoms with van der Waals surface area (Å²) in [5, 5.41) is 1.44. The SMILES string of the molecule is CCN(C(=O)CSc1nc2cc(Cl)ccc2n1CCOC)c1ccccc1. The van der Waals surface area contributed by atoms with Gasteiger partial charge < -0.3 is 14.2 Å². The minimum atomic E-state index is 0.0529. The lowest BCUT2D eigenvalue weighted by atomic mass is 10.3. The number of hydrogen-bond acceptors (Lipinski definition) is 4. The van der Waals surface area contributed by atoms with E-state index in [1.807, 2.05) is 55.5 Å². The van der Waals surface area contributed by atoms with Crippen molar-refractivity contribution in [3.63, 3.8) is 0 Å². The van der Waals surface area contributed by atoms with Gasteiger partial charge in [0, 0.05) is 30.9 Å². The van der Waals surface area contributed by atoms with Crippen molar-refractivity contribution in [3.05, 3.63) is 53.6 Å². The molecule has 1 aromatic heterocycles. The number of aromatic nitrogens is 2. The van der Waals surface area contributed by atoms with Crippen LogP contribution >= 0.6 is 23.4 Å². The van der Waals surface area contributed by atoms with E-state index in [2.05, 4.69) is 9.55 Å². The molecule has 0 bridgehead atoms. The highest BCUT2D eigenvalue weighted by molar-refractivity contribution is 7.99. The number of benzene rings is 2. The number of rotatable bonds is 8. The van der Waals surface area contributed by atoms with Crippen LogP contribution in [0.5, 0.6) is 0 Å². The highest BCUT2D eigenvalue weighted by Gasteiger charge is 2.17. The van der Waals surface area contributed by atoms with Gasteiger partial charge in [0.15, 0.2) is 5.16 Å². The highest BCUT2D eigenvalue weighted by Crippen LogP contribution is 2.27. The fourth-order valence-corrected chi connectivity index (χ4v) is 3.99. The molecule has 0 saturated heterocycles. The number of carbonyl (C=O) groups excluding carboxylic acids is 1. The molecule has 0 unspecified atom stereocenters. The lowest BCUT2D eigenvalue weighted by Crippen LogP contribution is -2.32. The highest BCUT2D eigenvalue weighted by atomic mass is 35.5. The first-order valence-electron chi connectivity index (χ1n) is 8.77. The molecule has 3 rings (SSSR count). The first kappa shape index (κ1) is 19.7. The van der Waals surface area contributed by atoms with E-state index in [9.17, 15) is 4.79 Å². The van der Waals surface area contributed by atoms with Crippen molar-refractivity contribution in [2.75, 3.05) is 30.9 Å². The Bertz CT molecular complexity index is 914. The zero-order valence-electron chi connectivity index (χ0n) is 15.4. The zero-order chi connectivity index (χ0) is 19.2. The average molecular weight is 404 g/mol. The molecule has 1 heterocycles. The smallest absolute Gasteiger partial charge is 0.237 e. The van der Waals surface area contributed by atoms with Gasteiger partial charge in [0.2, 0.25) is 5.91 Å². The lowest BCUT2D eigenvalue weighted by Gasteiger charge is -2.20. The van der Waals surface area contributed by atoms with Crippen LogP contribution in [0.2, 0.25) is 5.02 Å². The van der Waals surface area contributed by atoms with Gasteiger partial charge in [-0.25, -0.2) is 4.98 Å². The van der Waals surface area contributed by atoms with Gasteiger partial charge in [-0.1, -0.05) is 41.6 Å². The second-order valence-electron chi connectivity index (χ2n) is 5.93. The molecule has 5 nitrogen and oxygen atoms in total. The molecule has 0 aliphatic carbocycles. The predicted molar refractivity (Wildman–Crippen MR) is 112 cm³/mol. The second-order valence-corrected chi connectivity index (χ2v) is 7.31. The third-order valence-corrected chi connectivity index (χ3v) is 5.40. The number of amides is 1. The Kier molecular flexibility index (Phi) is 6.77. The molecule has 7 heteroatoms. The summed E-state index contributed by atoms with van der Waals surface area (Å²) in [7, 11) is 1.67. The molecule has 142 valence electrons. The lowest BCUT2D eigenvalue weighted by molar-refractivity contribution is -0.116. The first-order chi connectivity index (χ1) is 13.1. The van der Waals surface area contributed by atoms with Crippen LogP contribution in [0.1, 0.15) is 6.92 Å². The number of fused-ring (bicyclic) bond motifs is 1. The standard InChI is InChI=1S/C20H22ClN3O2S/c1-3-23(16-7-5-4-6-8-16)19(25)14-27-20-22-17-13-15(21)9-10-18(17)24(20)11-12-26-2/h4-10,13H,3,11-12,14H2,1-2H3. The van der Waals surface area contributed by atoms with Crippen LogP contribution in [0.4, 0.5) is 5.69 Å². The van der Waals surface area contributed by atoms with Gasteiger partial charge in [0.25, 0.3) is 0 Å². The van der Waals surface area contributed by atoms with Gasteiger partial charge >= 0.3 is 0 Å². The van der Waals surface area contributed by atoms with Gasteiger partial charge in [-0.15, -0.1) is 0 Å². The van der Waals surface area contributed by atoms with E-state index < -0.39 is 0 Å². The molecule has 1 amide bonds. The van der Waals surface area contributed by atoms with E-state index in [0.717, 1.165) is 21.9 Å². The molecule has 0 radical (unpaired) electrons. The Morgan fingerprint density at radius 2 is 2.04 bits per heavy atom. The number of thioether (sulfide) groups is 1. The molecular weight excluding hydrogens is 382 g/mol. The third kappa shape index (κ3) is 4.64. The van der Waals surface area contributed by atoms with Crippen molar-refractivity contribution in [1.29, 1.82) is 0 Å². The molecule has 3 aromatic rings. The Morgan fingerprint density at radius 1 is 1.26 bits per heavy atom. The molecule has 0 N–H and O–H groups in total. The van der Waals surface area contributed by atoms with Crippen LogP contribution in [0.15, 0.2) is 53.7 Å². The summed E-state index contributed by atoms with van der Waals surface area (Å²) in [5.74, 6) is 0.365. The molecule has 0 fully saturated rings. The molecule has 0 aliphatic heterocycles. The summed E-state index contributed by atoms with van der Waals surface area (Å²) in [6, 6.07) is 15.4. The predicted octanol–water partition coefficient (Wildman–Crippen LogP) is 4.48. The Morgan fingerprint density at radius 3 is 2.74 bits per heavy atom. The Balaban J connectivity index is 1.80. The second kappa shape index (κ2) is 9.26. The van der Waals surface area contributed by atoms with E-state index in [1.165, 1.54) is 11.8 Å². The van der Waals surface area contributed by atoms with E-state index >= 15 is 0 Å². The number of anilines is 1. The normalized spacial score (nSPS) is 11.1. The van der Waals surface area contributed by atoms with Crippen LogP contribution in [-0.4, -0.2) is 41.5 Å². The van der Waals surface area contributed by atoms with Crippen LogP contribution in [0.25, 0.3) is 11.0 Å². The summed E-state index contributed by atoms with van der Waals surface area (Å²) in [6.45, 7) is 3.84. The first-order valence-corrected chi connectivity index (χ1v) is 10.1. The quantitative estimate of drug-likeness (QED) is 0.520. The number of para-hydroxylation sites is 1. The maximum absolute atomic E-state index is 12.8. The van der Waals surface area contributed by atoms with Crippen molar-refractivity contribution >= 4 is 46.0 Å². The minimum absolute atomic E-state index is 0.0529. The van der Waals surface area contributed by atoms with Crippen LogP contribution < -0.4 is 4.90 Å². The summed E-state index contributed by atoms with van der Waals surface area (Å²) in [6.07, 6.45) is 0. The van der Waals surface area contributed by atoms with Gasteiger partial charge in [-0.3, -0.25) is 4.79 Å². The average Bonchev–Trinajstić information content (AvgIpc) is 3.02. The topological polar surface area (TPSA) is 47.4 Å². The third-order valence-electron chi connectivity index (χ3n) is 4.20. The van der Waals surface area contributed by atoms with Gasteiger partial charge in [0.1, 0.15) is 0 Å². The van der Waals surface area contributed by atoms with Crippen molar-refractivity contribution in [3.8, 4) is 0 Å². The number of nitrogens with zero attached hydrogens (tertiary/aromatic N) is 3. The fraction of sp³-hybridized carbons (Fsp3) is 0.300. The number of carbonyl (C=O) groups is 1. The number of methoxy groups -OCH3 is 1. The molecular formula is C20H22ClN3O2S. The van der Waals surface area contributed by atoms with E-state index in [4.69, 9.17) is 16.3 Å². The van der Waals surface area contributed by atoms with Crippen molar-refractivity contribution in [1.82, 2.24) is 9.55 Å². The zero-order valence-corrected chi connectivity index (χ0v) is 17.0. The van der Waals surface area contributed by atoms with Gasteiger partial charge in [-0.2, -0.15) is 0 Å². The van der Waals surface area contributed by atoms with Crippen molar-refractivity contribution in [2.24, 2.45) is 0 Å². The summed E-state index contributed by atoms with van der Waals surface area (Å²) >= 11 is 7.54. The molecule has 0 spiro atoms. The molecule has 27 heavy (non-hydrogen) atoms. The number of imidazole rings is 1. The summed E-state index contributed by atoms with van der Waals surface area (Å²) < 4.78 is 7.30. The number of ether oxygens (including phenoxy) is 1. The molecule has 0 aliphatic rings. The van der Waals surface area contributed by atoms with Gasteiger partial charge in [-0.05, 0) is 37.3 Å². The van der Waals surface area contributed by atoms with E-state index in [1.54, 1.807) is 12.0 Å². The van der Waals surface area contributed by atoms with E-state index in [-0.39, 0.29) is 5.91 Å². The summed E-state index contributed by atoms with van der Waals surface area (Å²) in [5.41, 5.74) is 2.72. The minimum Gasteiger partial charge on any atom is -0.383 e. The van der Waals surface area contributed by atoms with Crippen LogP contribution in [0, 0.1) is 0 Å². The maximum atomic E-state index is 12.8. The van der Waals surface area contributed by atoms with Crippen LogP contribution in [-0.2, 0) is 16.1 Å². The Hall–Kier alpha value is -2.02. The monoisotopic (exact) mass is 403 g/mol. The largest absolute Gasteiger partial charge is 0.383 e. The molecule has 0 atom stereocenters. The van der Waals surface area contributed by atoms with Crippen molar-refractivity contribution < 1.29 is 9.53 Å². The van der Waals surface area contributed by atoms with Crippen molar-refractivity contribution in [2.45, 2.75) is 18.6 Å². The Labute approximate surface area is 168 Å². The number of halogens is 1. The fourth-order valence-electron chi connectivity index (χ4n) is 2.90. The van der Waals surface area contributed by atoms with Gasteiger partial charge in [0.05, 0.1) is 23.4 Å².